The maximum atomic E-state index is 11.8. The molecule has 0 spiro atoms. The summed E-state index contributed by atoms with van der Waals surface area (Å²) >= 11 is 1.05. The summed E-state index contributed by atoms with van der Waals surface area (Å²) in [5, 5.41) is 8.47. The van der Waals surface area contributed by atoms with Gasteiger partial charge in [-0.2, -0.15) is 0 Å². The number of thiazole rings is 1. The van der Waals surface area contributed by atoms with E-state index in [1.165, 1.54) is 19.2 Å². The quantitative estimate of drug-likeness (QED) is 0.675. The summed E-state index contributed by atoms with van der Waals surface area (Å²) in [6.07, 6.45) is -1.17. The van der Waals surface area contributed by atoms with E-state index in [2.05, 4.69) is 15.6 Å². The Kier molecular flexibility index (Phi) is 6.45. The molecule has 1 rings (SSSR count). The number of nitrogens with one attached hydrogen (secondary N) is 3. The zero-order chi connectivity index (χ0) is 16.7. The molecular formula is C12H16N4O5S. The monoisotopic (exact) mass is 328 g/mol. The molecule has 0 aliphatic carbocycles. The second kappa shape index (κ2) is 8.08. The number of carbonyl (C=O) groups is 4. The lowest BCUT2D eigenvalue weighted by atomic mass is 10.3. The van der Waals surface area contributed by atoms with E-state index >= 15 is 0 Å². The number of rotatable bonds is 5. The van der Waals surface area contributed by atoms with Gasteiger partial charge in [-0.05, 0) is 13.8 Å². The van der Waals surface area contributed by atoms with Crippen LogP contribution >= 0.6 is 11.3 Å². The fourth-order valence-corrected chi connectivity index (χ4v) is 1.99. The molecule has 0 radical (unpaired) electrons. The predicted octanol–water partition coefficient (Wildman–Crippen LogP) is 0.492. The van der Waals surface area contributed by atoms with Crippen LogP contribution in [0.2, 0.25) is 0 Å². The van der Waals surface area contributed by atoms with Gasteiger partial charge in [0, 0.05) is 18.8 Å². The first-order chi connectivity index (χ1) is 10.3. The minimum absolute atomic E-state index is 0.0357. The largest absolute Gasteiger partial charge is 0.448 e. The van der Waals surface area contributed by atoms with Crippen LogP contribution in [0.5, 0.6) is 0 Å². The van der Waals surface area contributed by atoms with Crippen molar-refractivity contribution in [3.63, 3.8) is 0 Å². The van der Waals surface area contributed by atoms with E-state index in [4.69, 9.17) is 4.74 Å². The van der Waals surface area contributed by atoms with Crippen molar-refractivity contribution in [2.24, 2.45) is 0 Å². The molecule has 4 amide bonds. The van der Waals surface area contributed by atoms with Crippen LogP contribution < -0.4 is 16.0 Å². The standard InChI is InChI=1S/C12H16N4O5S/c1-4-13-11(20)16-9(18)6(2)21-10(19)8-5-22-12(15-8)14-7(3)17/h5-6H,4H2,1-3H3,(H,14,15,17)(H2,13,16,18,20). The van der Waals surface area contributed by atoms with Gasteiger partial charge in [-0.1, -0.05) is 0 Å². The molecule has 9 nitrogen and oxygen atoms in total. The lowest BCUT2D eigenvalue weighted by molar-refractivity contribution is -0.127. The van der Waals surface area contributed by atoms with Gasteiger partial charge in [-0.25, -0.2) is 14.6 Å². The highest BCUT2D eigenvalue weighted by atomic mass is 32.1. The van der Waals surface area contributed by atoms with Crippen LogP contribution in [0.15, 0.2) is 5.38 Å². The second-order valence-corrected chi connectivity index (χ2v) is 4.97. The minimum Gasteiger partial charge on any atom is -0.448 e. The van der Waals surface area contributed by atoms with Gasteiger partial charge in [-0.15, -0.1) is 11.3 Å². The minimum atomic E-state index is -1.17. The molecule has 0 saturated heterocycles. The molecule has 0 aliphatic rings. The average molecular weight is 328 g/mol. The first kappa shape index (κ1) is 17.6. The van der Waals surface area contributed by atoms with Crippen LogP contribution in [0.1, 0.15) is 31.3 Å². The molecule has 120 valence electrons. The first-order valence-electron chi connectivity index (χ1n) is 6.36. The number of hydrogen-bond acceptors (Lipinski definition) is 7. The van der Waals surface area contributed by atoms with E-state index in [0.717, 1.165) is 11.3 Å². The topological polar surface area (TPSA) is 126 Å². The number of amides is 4. The van der Waals surface area contributed by atoms with E-state index in [1.807, 2.05) is 5.32 Å². The van der Waals surface area contributed by atoms with Crippen molar-refractivity contribution in [3.05, 3.63) is 11.1 Å². The highest BCUT2D eigenvalue weighted by molar-refractivity contribution is 7.14. The lowest BCUT2D eigenvalue weighted by Gasteiger charge is -2.12. The van der Waals surface area contributed by atoms with E-state index in [9.17, 15) is 19.2 Å². The summed E-state index contributed by atoms with van der Waals surface area (Å²) in [6.45, 7) is 4.70. The Morgan fingerprint density at radius 3 is 2.64 bits per heavy atom. The van der Waals surface area contributed by atoms with E-state index in [1.54, 1.807) is 6.92 Å². The molecule has 0 aliphatic heterocycles. The zero-order valence-corrected chi connectivity index (χ0v) is 13.1. The summed E-state index contributed by atoms with van der Waals surface area (Å²) in [4.78, 5) is 49.3. The Labute approximate surface area is 130 Å². The number of carbonyl (C=O) groups excluding carboxylic acids is 4. The van der Waals surface area contributed by atoms with Crippen LogP contribution in [0, 0.1) is 0 Å². The molecule has 1 heterocycles. The molecule has 0 aromatic carbocycles. The predicted molar refractivity (Wildman–Crippen MR) is 78.5 cm³/mol. The molecule has 3 N–H and O–H groups in total. The number of nitrogens with zero attached hydrogens (tertiary/aromatic N) is 1. The summed E-state index contributed by atoms with van der Waals surface area (Å²) < 4.78 is 4.90. The molecule has 1 aromatic rings. The molecule has 1 aromatic heterocycles. The first-order valence-corrected chi connectivity index (χ1v) is 7.24. The van der Waals surface area contributed by atoms with Crippen molar-refractivity contribution in [2.45, 2.75) is 26.9 Å². The van der Waals surface area contributed by atoms with E-state index in [0.29, 0.717) is 6.54 Å². The van der Waals surface area contributed by atoms with Crippen molar-refractivity contribution in [2.75, 3.05) is 11.9 Å². The van der Waals surface area contributed by atoms with Gasteiger partial charge in [0.1, 0.15) is 0 Å². The molecular weight excluding hydrogens is 312 g/mol. The maximum Gasteiger partial charge on any atom is 0.358 e. The number of hydrogen-bond donors (Lipinski definition) is 3. The van der Waals surface area contributed by atoms with Gasteiger partial charge in [0.15, 0.2) is 16.9 Å². The highest BCUT2D eigenvalue weighted by Crippen LogP contribution is 2.16. The van der Waals surface area contributed by atoms with Crippen LogP contribution in [0.4, 0.5) is 9.93 Å². The average Bonchev–Trinajstić information content (AvgIpc) is 2.86. The number of ether oxygens (including phenoxy) is 1. The molecule has 1 atom stereocenters. The summed E-state index contributed by atoms with van der Waals surface area (Å²) in [5.41, 5.74) is -0.0357. The zero-order valence-electron chi connectivity index (χ0n) is 12.3. The fraction of sp³-hybridized carbons (Fsp3) is 0.417. The lowest BCUT2D eigenvalue weighted by Crippen LogP contribution is -2.44. The fourth-order valence-electron chi connectivity index (χ4n) is 1.27. The number of imide groups is 1. The van der Waals surface area contributed by atoms with Crippen molar-refractivity contribution in [1.82, 2.24) is 15.6 Å². The Morgan fingerprint density at radius 1 is 1.36 bits per heavy atom. The molecule has 0 fully saturated rings. The summed E-state index contributed by atoms with van der Waals surface area (Å²) in [7, 11) is 0. The van der Waals surface area contributed by atoms with Gasteiger partial charge in [0.05, 0.1) is 0 Å². The Hall–Kier alpha value is -2.49. The smallest absolute Gasteiger partial charge is 0.358 e. The number of anilines is 1. The molecule has 0 bridgehead atoms. The SMILES string of the molecule is CCNC(=O)NC(=O)C(C)OC(=O)c1csc(NC(C)=O)n1. The van der Waals surface area contributed by atoms with Crippen LogP contribution in [-0.4, -0.2) is 41.4 Å². The molecule has 0 saturated carbocycles. The number of urea groups is 1. The molecule has 1 unspecified atom stereocenters. The van der Waals surface area contributed by atoms with Gasteiger partial charge in [0.25, 0.3) is 5.91 Å². The highest BCUT2D eigenvalue weighted by Gasteiger charge is 2.22. The molecule has 10 heteroatoms. The Morgan fingerprint density at radius 2 is 2.05 bits per heavy atom. The normalized spacial score (nSPS) is 11.2. The summed E-state index contributed by atoms with van der Waals surface area (Å²) in [5.74, 6) is -1.90. The third-order valence-corrected chi connectivity index (χ3v) is 2.98. The van der Waals surface area contributed by atoms with Crippen molar-refractivity contribution in [1.29, 1.82) is 0 Å². The Bertz CT molecular complexity index is 586. The van der Waals surface area contributed by atoms with Crippen molar-refractivity contribution >= 4 is 40.3 Å². The van der Waals surface area contributed by atoms with Crippen LogP contribution in [-0.2, 0) is 14.3 Å². The van der Waals surface area contributed by atoms with Crippen molar-refractivity contribution < 1.29 is 23.9 Å². The number of esters is 1. The van der Waals surface area contributed by atoms with Crippen LogP contribution in [0.25, 0.3) is 0 Å². The Balaban J connectivity index is 2.56. The third kappa shape index (κ3) is 5.48. The maximum absolute atomic E-state index is 11.8. The third-order valence-electron chi connectivity index (χ3n) is 2.22. The second-order valence-electron chi connectivity index (χ2n) is 4.12. The van der Waals surface area contributed by atoms with Gasteiger partial charge in [0.2, 0.25) is 5.91 Å². The van der Waals surface area contributed by atoms with Gasteiger partial charge in [-0.3, -0.25) is 14.9 Å². The van der Waals surface area contributed by atoms with Gasteiger partial charge < -0.3 is 15.4 Å². The van der Waals surface area contributed by atoms with Crippen molar-refractivity contribution in [3.8, 4) is 0 Å². The molecule has 22 heavy (non-hydrogen) atoms. The van der Waals surface area contributed by atoms with Gasteiger partial charge >= 0.3 is 12.0 Å². The van der Waals surface area contributed by atoms with E-state index in [-0.39, 0.29) is 16.7 Å². The summed E-state index contributed by atoms with van der Waals surface area (Å²) in [6, 6.07) is -0.669. The number of aromatic nitrogens is 1. The van der Waals surface area contributed by atoms with E-state index < -0.39 is 24.0 Å². The van der Waals surface area contributed by atoms with Crippen LogP contribution in [0.3, 0.4) is 0 Å².